The highest BCUT2D eigenvalue weighted by molar-refractivity contribution is 5.66. The lowest BCUT2D eigenvalue weighted by Gasteiger charge is -2.27. The van der Waals surface area contributed by atoms with Crippen molar-refractivity contribution in [2.24, 2.45) is 5.73 Å². The Morgan fingerprint density at radius 3 is 2.35 bits per heavy atom. The third-order valence-electron chi connectivity index (χ3n) is 4.01. The lowest BCUT2D eigenvalue weighted by Crippen LogP contribution is -2.43. The molecule has 0 radical (unpaired) electrons. The highest BCUT2D eigenvalue weighted by Gasteiger charge is 2.10. The molecule has 0 spiro atoms. The van der Waals surface area contributed by atoms with E-state index in [9.17, 15) is 0 Å². The zero-order valence-electron chi connectivity index (χ0n) is 13.0. The number of nitrogens with zero attached hydrogens (tertiary/aromatic N) is 1. The minimum Gasteiger partial charge on any atom is -0.398 e. The molecule has 0 unspecified atom stereocenters. The van der Waals surface area contributed by atoms with E-state index in [0.29, 0.717) is 0 Å². The number of aryl methyl sites for hydroxylation is 2. The zero-order chi connectivity index (χ0) is 14.5. The predicted octanol–water partition coefficient (Wildman–Crippen LogP) is 2.29. The first-order valence-electron chi connectivity index (χ1n) is 7.53. The van der Waals surface area contributed by atoms with Crippen LogP contribution in [0.4, 0.5) is 0 Å². The average Bonchev–Trinajstić information content (AvgIpc) is 2.44. The van der Waals surface area contributed by atoms with Gasteiger partial charge in [0.25, 0.3) is 0 Å². The second-order valence-corrected chi connectivity index (χ2v) is 5.91. The number of benzene rings is 1. The van der Waals surface area contributed by atoms with Crippen LogP contribution in [0.3, 0.4) is 0 Å². The number of hydrogen-bond donors (Lipinski definition) is 2. The molecule has 0 saturated carbocycles. The topological polar surface area (TPSA) is 41.3 Å². The average molecular weight is 273 g/mol. The molecule has 3 nitrogen and oxygen atoms in total. The van der Waals surface area contributed by atoms with Gasteiger partial charge in [0, 0.05) is 38.4 Å². The Morgan fingerprint density at radius 2 is 1.75 bits per heavy atom. The molecule has 110 valence electrons. The van der Waals surface area contributed by atoms with Crippen molar-refractivity contribution in [1.29, 1.82) is 0 Å². The molecule has 1 fully saturated rings. The van der Waals surface area contributed by atoms with Gasteiger partial charge in [-0.05, 0) is 50.5 Å². The van der Waals surface area contributed by atoms with Gasteiger partial charge in [0.05, 0.1) is 0 Å². The molecule has 1 aliphatic rings. The number of nitrogens with one attached hydrogen (secondary N) is 1. The first-order valence-corrected chi connectivity index (χ1v) is 7.53. The first-order chi connectivity index (χ1) is 9.56. The Labute approximate surface area is 122 Å². The van der Waals surface area contributed by atoms with E-state index in [2.05, 4.69) is 49.2 Å². The van der Waals surface area contributed by atoms with E-state index in [4.69, 9.17) is 5.73 Å². The molecule has 1 saturated heterocycles. The summed E-state index contributed by atoms with van der Waals surface area (Å²) < 4.78 is 0. The van der Waals surface area contributed by atoms with E-state index in [0.717, 1.165) is 44.8 Å². The van der Waals surface area contributed by atoms with Crippen LogP contribution in [-0.4, -0.2) is 37.6 Å². The number of piperazine rings is 1. The second-order valence-electron chi connectivity index (χ2n) is 5.91. The van der Waals surface area contributed by atoms with E-state index in [-0.39, 0.29) is 0 Å². The van der Waals surface area contributed by atoms with Crippen LogP contribution in [0.1, 0.15) is 30.0 Å². The maximum atomic E-state index is 6.34. The molecule has 1 heterocycles. The normalized spacial score (nSPS) is 17.9. The minimum absolute atomic E-state index is 0.951. The van der Waals surface area contributed by atoms with Crippen LogP contribution in [0, 0.1) is 13.8 Å². The Balaban J connectivity index is 2.02. The molecule has 3 heteroatoms. The molecule has 0 aromatic heterocycles. The summed E-state index contributed by atoms with van der Waals surface area (Å²) in [6, 6.07) is 6.54. The van der Waals surface area contributed by atoms with Gasteiger partial charge in [0.2, 0.25) is 0 Å². The molecule has 0 amide bonds. The van der Waals surface area contributed by atoms with Crippen LogP contribution in [0.15, 0.2) is 23.8 Å². The fourth-order valence-corrected chi connectivity index (χ4v) is 2.77. The SMILES string of the molecule is C/C(CCN1CCNCC1)=C(\N)c1cc(C)cc(C)c1. The predicted molar refractivity (Wildman–Crippen MR) is 86.6 cm³/mol. The molecule has 2 rings (SSSR count). The molecule has 1 aromatic rings. The maximum Gasteiger partial charge on any atom is 0.0377 e. The molecule has 1 aliphatic heterocycles. The van der Waals surface area contributed by atoms with Crippen LogP contribution >= 0.6 is 0 Å². The van der Waals surface area contributed by atoms with E-state index in [1.807, 2.05) is 0 Å². The summed E-state index contributed by atoms with van der Waals surface area (Å²) in [7, 11) is 0. The Bertz CT molecular complexity index is 465. The Morgan fingerprint density at radius 1 is 1.15 bits per heavy atom. The highest BCUT2D eigenvalue weighted by atomic mass is 15.2. The third-order valence-corrected chi connectivity index (χ3v) is 4.01. The van der Waals surface area contributed by atoms with Crippen molar-refractivity contribution in [3.8, 4) is 0 Å². The van der Waals surface area contributed by atoms with Gasteiger partial charge in [-0.15, -0.1) is 0 Å². The fourth-order valence-electron chi connectivity index (χ4n) is 2.77. The van der Waals surface area contributed by atoms with Crippen molar-refractivity contribution in [2.45, 2.75) is 27.2 Å². The standard InChI is InChI=1S/C17H27N3/c1-13-10-14(2)12-16(11-13)17(18)15(3)4-7-20-8-5-19-6-9-20/h10-12,19H,4-9,18H2,1-3H3/b17-15+. The van der Waals surface area contributed by atoms with E-state index >= 15 is 0 Å². The second kappa shape index (κ2) is 6.91. The minimum atomic E-state index is 0.951. The molecule has 3 N–H and O–H groups in total. The van der Waals surface area contributed by atoms with Crippen LogP contribution in [0.5, 0.6) is 0 Å². The van der Waals surface area contributed by atoms with E-state index in [1.54, 1.807) is 0 Å². The molecule has 20 heavy (non-hydrogen) atoms. The lowest BCUT2D eigenvalue weighted by atomic mass is 10.0. The quantitative estimate of drug-likeness (QED) is 0.884. The van der Waals surface area contributed by atoms with Crippen LogP contribution in [0.2, 0.25) is 0 Å². The lowest BCUT2D eigenvalue weighted by molar-refractivity contribution is 0.244. The first kappa shape index (κ1) is 15.1. The monoisotopic (exact) mass is 273 g/mol. The van der Waals surface area contributed by atoms with Gasteiger partial charge in [0.15, 0.2) is 0 Å². The van der Waals surface area contributed by atoms with Gasteiger partial charge in [-0.3, -0.25) is 0 Å². The van der Waals surface area contributed by atoms with Gasteiger partial charge >= 0.3 is 0 Å². The molecule has 0 aliphatic carbocycles. The van der Waals surface area contributed by atoms with Crippen molar-refractivity contribution in [3.63, 3.8) is 0 Å². The summed E-state index contributed by atoms with van der Waals surface area (Å²) >= 11 is 0. The van der Waals surface area contributed by atoms with Gasteiger partial charge in [-0.1, -0.05) is 17.2 Å². The fraction of sp³-hybridized carbons (Fsp3) is 0.529. The zero-order valence-corrected chi connectivity index (χ0v) is 13.0. The van der Waals surface area contributed by atoms with E-state index < -0.39 is 0 Å². The van der Waals surface area contributed by atoms with Gasteiger partial charge in [0.1, 0.15) is 0 Å². The largest absolute Gasteiger partial charge is 0.398 e. The molecule has 0 bridgehead atoms. The Hall–Kier alpha value is -1.32. The summed E-state index contributed by atoms with van der Waals surface area (Å²) in [5, 5.41) is 3.39. The van der Waals surface area contributed by atoms with Gasteiger partial charge in [-0.25, -0.2) is 0 Å². The highest BCUT2D eigenvalue weighted by Crippen LogP contribution is 2.19. The summed E-state index contributed by atoms with van der Waals surface area (Å²) in [4.78, 5) is 2.51. The third kappa shape index (κ3) is 4.09. The van der Waals surface area contributed by atoms with Crippen LogP contribution in [0.25, 0.3) is 5.70 Å². The van der Waals surface area contributed by atoms with E-state index in [1.165, 1.54) is 22.3 Å². The summed E-state index contributed by atoms with van der Waals surface area (Å²) in [5.41, 5.74) is 12.3. The van der Waals surface area contributed by atoms with Crippen LogP contribution < -0.4 is 11.1 Å². The Kier molecular flexibility index (Phi) is 5.21. The van der Waals surface area contributed by atoms with Crippen molar-refractivity contribution < 1.29 is 0 Å². The van der Waals surface area contributed by atoms with Crippen molar-refractivity contribution >= 4 is 5.70 Å². The van der Waals surface area contributed by atoms with Crippen molar-refractivity contribution in [2.75, 3.05) is 32.7 Å². The van der Waals surface area contributed by atoms with Gasteiger partial charge in [-0.2, -0.15) is 0 Å². The summed E-state index contributed by atoms with van der Waals surface area (Å²) in [6.45, 7) is 12.0. The molecule has 0 atom stereocenters. The van der Waals surface area contributed by atoms with Gasteiger partial charge < -0.3 is 16.0 Å². The molecular weight excluding hydrogens is 246 g/mol. The molecular formula is C17H27N3. The smallest absolute Gasteiger partial charge is 0.0377 e. The summed E-state index contributed by atoms with van der Waals surface area (Å²) in [5.74, 6) is 0. The van der Waals surface area contributed by atoms with Crippen molar-refractivity contribution in [3.05, 3.63) is 40.5 Å². The van der Waals surface area contributed by atoms with Crippen molar-refractivity contribution in [1.82, 2.24) is 10.2 Å². The van der Waals surface area contributed by atoms with Crippen LogP contribution in [-0.2, 0) is 0 Å². The number of rotatable bonds is 4. The maximum absolute atomic E-state index is 6.34. The summed E-state index contributed by atoms with van der Waals surface area (Å²) in [6.07, 6.45) is 1.05. The number of nitrogens with two attached hydrogens (primary N) is 1. The number of hydrogen-bond acceptors (Lipinski definition) is 3. The molecule has 1 aromatic carbocycles.